The Bertz CT molecular complexity index is 1080. The van der Waals surface area contributed by atoms with Crippen molar-refractivity contribution in [2.45, 2.75) is 71.0 Å². The molecular weight excluding hydrogens is 505 g/mol. The van der Waals surface area contributed by atoms with Gasteiger partial charge in [0.25, 0.3) is 5.91 Å². The Balaban J connectivity index is 1.40. The average molecular weight is 545 g/mol. The second kappa shape index (κ2) is 13.0. The number of piperazine rings is 1. The van der Waals surface area contributed by atoms with Gasteiger partial charge in [-0.3, -0.25) is 4.79 Å². The van der Waals surface area contributed by atoms with E-state index >= 15 is 0 Å². The minimum Gasteiger partial charge on any atom is -0.352 e. The van der Waals surface area contributed by atoms with Crippen molar-refractivity contribution in [3.8, 4) is 0 Å². The van der Waals surface area contributed by atoms with E-state index in [0.717, 1.165) is 36.7 Å². The van der Waals surface area contributed by atoms with E-state index in [1.54, 1.807) is 6.07 Å². The molecule has 2 fully saturated rings. The smallest absolute Gasteiger partial charge is 0.251 e. The molecule has 37 heavy (non-hydrogen) atoms. The monoisotopic (exact) mass is 543 g/mol. The highest BCUT2D eigenvalue weighted by atomic mass is 35.5. The molecule has 0 bridgehead atoms. The van der Waals surface area contributed by atoms with Crippen LogP contribution in [0.2, 0.25) is 10.0 Å². The third kappa shape index (κ3) is 7.86. The molecule has 1 saturated heterocycles. The normalized spacial score (nSPS) is 24.6. The second-order valence-electron chi connectivity index (χ2n) is 10.6. The summed E-state index contributed by atoms with van der Waals surface area (Å²) in [6.07, 6.45) is 5.57. The van der Waals surface area contributed by atoms with Crippen LogP contribution in [0.4, 0.5) is 5.69 Å². The van der Waals surface area contributed by atoms with Gasteiger partial charge in [0, 0.05) is 53.0 Å². The van der Waals surface area contributed by atoms with Crippen molar-refractivity contribution in [2.75, 3.05) is 25.0 Å². The quantitative estimate of drug-likeness (QED) is 0.309. The highest BCUT2D eigenvalue weighted by Gasteiger charge is 2.27. The number of halogens is 2. The molecule has 1 amide bonds. The van der Waals surface area contributed by atoms with Crippen LogP contribution in [0.1, 0.15) is 62.4 Å². The van der Waals surface area contributed by atoms with E-state index in [-0.39, 0.29) is 5.91 Å². The molecule has 2 unspecified atom stereocenters. The predicted molar refractivity (Wildman–Crippen MR) is 155 cm³/mol. The first kappa shape index (κ1) is 27.7. The number of hydrogen-bond donors (Lipinski definition) is 3. The number of rotatable bonds is 6. The lowest BCUT2D eigenvalue weighted by molar-refractivity contribution is 0.0954. The van der Waals surface area contributed by atoms with Gasteiger partial charge in [-0.05, 0) is 81.0 Å². The number of hydrogen-bond acceptors (Lipinski definition) is 3. The lowest BCUT2D eigenvalue weighted by atomic mass is 9.86. The maximum Gasteiger partial charge on any atom is 0.251 e. The van der Waals surface area contributed by atoms with Gasteiger partial charge in [-0.2, -0.15) is 0 Å². The van der Waals surface area contributed by atoms with Crippen molar-refractivity contribution < 1.29 is 4.79 Å². The number of anilines is 1. The first-order valence-electron chi connectivity index (χ1n) is 13.5. The van der Waals surface area contributed by atoms with Gasteiger partial charge in [0.05, 0.1) is 6.04 Å². The summed E-state index contributed by atoms with van der Waals surface area (Å²) in [6, 6.07) is 14.2. The fourth-order valence-corrected chi connectivity index (χ4v) is 5.81. The van der Waals surface area contributed by atoms with E-state index in [4.69, 9.17) is 28.2 Å². The summed E-state index contributed by atoms with van der Waals surface area (Å²) in [5.41, 5.74) is 2.52. The lowest BCUT2D eigenvalue weighted by Gasteiger charge is -2.39. The van der Waals surface area contributed by atoms with Crippen LogP contribution in [0.15, 0.2) is 47.5 Å². The summed E-state index contributed by atoms with van der Waals surface area (Å²) >= 11 is 12.2. The first-order chi connectivity index (χ1) is 17.8. The van der Waals surface area contributed by atoms with Gasteiger partial charge in [0.2, 0.25) is 0 Å². The second-order valence-corrected chi connectivity index (χ2v) is 11.4. The van der Waals surface area contributed by atoms with Gasteiger partial charge in [-0.1, -0.05) is 49.0 Å². The number of benzene rings is 2. The molecule has 6 nitrogen and oxygen atoms in total. The maximum absolute atomic E-state index is 12.7. The van der Waals surface area contributed by atoms with Gasteiger partial charge in [0.15, 0.2) is 5.96 Å². The molecule has 0 aromatic heterocycles. The zero-order chi connectivity index (χ0) is 26.4. The molecule has 8 heteroatoms. The van der Waals surface area contributed by atoms with Gasteiger partial charge in [-0.15, -0.1) is 0 Å². The Hall–Kier alpha value is -2.28. The summed E-state index contributed by atoms with van der Waals surface area (Å²) < 4.78 is 0. The molecule has 2 aromatic carbocycles. The fourth-order valence-electron chi connectivity index (χ4n) is 5.31. The Morgan fingerprint density at radius 1 is 1.03 bits per heavy atom. The molecule has 2 aliphatic rings. The molecule has 4 rings (SSSR count). The van der Waals surface area contributed by atoms with Crippen molar-refractivity contribution >= 4 is 40.8 Å². The fraction of sp³-hybridized carbons (Fsp3) is 0.517. The summed E-state index contributed by atoms with van der Waals surface area (Å²) in [5.74, 6) is 1.43. The summed E-state index contributed by atoms with van der Waals surface area (Å²) in [6.45, 7) is 9.08. The number of guanidine groups is 1. The standard InChI is InChI=1S/C29H39Cl2N5O/c1-19-6-4-5-7-27(19)35-29(36-17-20(2)33-21(3)18-36)34-25-12-9-23(10-13-25)28(37)32-15-14-22-8-11-24(30)16-26(22)31/h8-13,16,19-21,27,33H,4-7,14-15,17-18H2,1-3H3,(H,32,37)(H,34,35)/t19-,20?,21?,27+/m0/s1. The molecule has 0 radical (unpaired) electrons. The molecular formula is C29H39Cl2N5O. The van der Waals surface area contributed by atoms with E-state index in [1.165, 1.54) is 19.3 Å². The molecule has 200 valence electrons. The number of carbonyl (C=O) groups is 1. The Morgan fingerprint density at radius 3 is 2.41 bits per heavy atom. The number of aliphatic imine (C=N–C) groups is 1. The molecule has 0 spiro atoms. The van der Waals surface area contributed by atoms with Crippen LogP contribution < -0.4 is 16.0 Å². The highest BCUT2D eigenvalue weighted by Crippen LogP contribution is 2.27. The molecule has 1 aliphatic carbocycles. The van der Waals surface area contributed by atoms with Gasteiger partial charge >= 0.3 is 0 Å². The van der Waals surface area contributed by atoms with Gasteiger partial charge < -0.3 is 20.9 Å². The van der Waals surface area contributed by atoms with Crippen LogP contribution in [0, 0.1) is 5.92 Å². The van der Waals surface area contributed by atoms with E-state index in [0.29, 0.717) is 52.6 Å². The summed E-state index contributed by atoms with van der Waals surface area (Å²) in [4.78, 5) is 20.3. The molecule has 2 aromatic rings. The number of amides is 1. The van der Waals surface area contributed by atoms with Crippen molar-refractivity contribution in [2.24, 2.45) is 10.9 Å². The van der Waals surface area contributed by atoms with Crippen LogP contribution in [-0.4, -0.2) is 54.5 Å². The van der Waals surface area contributed by atoms with Crippen LogP contribution in [0.5, 0.6) is 0 Å². The SMILES string of the molecule is CC1CN(C(=N[C@@H]2CCCC[C@@H]2C)Nc2ccc(C(=O)NCCc3ccc(Cl)cc3Cl)cc2)CC(C)N1. The lowest BCUT2D eigenvalue weighted by Crippen LogP contribution is -2.57. The third-order valence-electron chi connectivity index (χ3n) is 7.31. The maximum atomic E-state index is 12.7. The van der Waals surface area contributed by atoms with E-state index in [9.17, 15) is 4.79 Å². The highest BCUT2D eigenvalue weighted by molar-refractivity contribution is 6.35. The molecule has 1 heterocycles. The first-order valence-corrected chi connectivity index (χ1v) is 14.2. The molecule has 1 aliphatic heterocycles. The largest absolute Gasteiger partial charge is 0.352 e. The van der Waals surface area contributed by atoms with Crippen molar-refractivity contribution in [3.05, 3.63) is 63.6 Å². The molecule has 1 saturated carbocycles. The van der Waals surface area contributed by atoms with Crippen molar-refractivity contribution in [3.63, 3.8) is 0 Å². The van der Waals surface area contributed by atoms with Crippen molar-refractivity contribution in [1.29, 1.82) is 0 Å². The molecule has 3 N–H and O–H groups in total. The number of nitrogens with one attached hydrogen (secondary N) is 3. The minimum absolute atomic E-state index is 0.105. The zero-order valence-electron chi connectivity index (χ0n) is 22.1. The topological polar surface area (TPSA) is 68.8 Å². The summed E-state index contributed by atoms with van der Waals surface area (Å²) in [5, 5.41) is 11.4. The van der Waals surface area contributed by atoms with Crippen LogP contribution in [0.3, 0.4) is 0 Å². The van der Waals surface area contributed by atoms with Crippen LogP contribution in [-0.2, 0) is 6.42 Å². The van der Waals surface area contributed by atoms with Crippen molar-refractivity contribution in [1.82, 2.24) is 15.5 Å². The summed E-state index contributed by atoms with van der Waals surface area (Å²) in [7, 11) is 0. The predicted octanol–water partition coefficient (Wildman–Crippen LogP) is 5.99. The third-order valence-corrected chi connectivity index (χ3v) is 7.90. The Morgan fingerprint density at radius 2 is 1.73 bits per heavy atom. The zero-order valence-corrected chi connectivity index (χ0v) is 23.6. The van der Waals surface area contributed by atoms with E-state index < -0.39 is 0 Å². The number of nitrogens with zero attached hydrogens (tertiary/aromatic N) is 2. The van der Waals surface area contributed by atoms with E-state index in [2.05, 4.69) is 41.6 Å². The Labute approximate surface area is 231 Å². The minimum atomic E-state index is -0.105. The van der Waals surface area contributed by atoms with Crippen LogP contribution >= 0.6 is 23.2 Å². The molecule has 4 atom stereocenters. The van der Waals surface area contributed by atoms with E-state index in [1.807, 2.05) is 36.4 Å². The Kier molecular flexibility index (Phi) is 9.74. The number of carbonyl (C=O) groups excluding carboxylic acids is 1. The van der Waals surface area contributed by atoms with Gasteiger partial charge in [-0.25, -0.2) is 4.99 Å². The van der Waals surface area contributed by atoms with Crippen LogP contribution in [0.25, 0.3) is 0 Å². The average Bonchev–Trinajstić information content (AvgIpc) is 2.86. The van der Waals surface area contributed by atoms with Gasteiger partial charge in [0.1, 0.15) is 0 Å².